The number of nitriles is 2. The highest BCUT2D eigenvalue weighted by Crippen LogP contribution is 2.23. The fourth-order valence-corrected chi connectivity index (χ4v) is 3.19. The van der Waals surface area contributed by atoms with E-state index in [0.29, 0.717) is 17.7 Å². The van der Waals surface area contributed by atoms with E-state index in [-0.39, 0.29) is 18.0 Å². The molecule has 0 amide bonds. The topological polar surface area (TPSA) is 111 Å². The van der Waals surface area contributed by atoms with Crippen LogP contribution in [0.25, 0.3) is 0 Å². The SMILES string of the molecule is CCc1ccc(N)cc1S(=O)(=O)N(CC#N)CC#N. The number of hydrogen-bond acceptors (Lipinski definition) is 5. The Hall–Kier alpha value is -2.09. The van der Waals surface area contributed by atoms with Crippen LogP contribution in [0.4, 0.5) is 5.69 Å². The monoisotopic (exact) mass is 278 g/mol. The molecule has 0 aliphatic rings. The summed E-state index contributed by atoms with van der Waals surface area (Å²) in [7, 11) is -3.88. The molecule has 0 spiro atoms. The van der Waals surface area contributed by atoms with Crippen molar-refractivity contribution in [2.45, 2.75) is 18.2 Å². The zero-order valence-corrected chi connectivity index (χ0v) is 11.3. The third kappa shape index (κ3) is 3.22. The van der Waals surface area contributed by atoms with Crippen molar-refractivity contribution in [2.24, 2.45) is 0 Å². The zero-order valence-electron chi connectivity index (χ0n) is 10.5. The first kappa shape index (κ1) is 15.0. The molecule has 2 N–H and O–H groups in total. The van der Waals surface area contributed by atoms with E-state index >= 15 is 0 Å². The smallest absolute Gasteiger partial charge is 0.245 e. The molecule has 6 nitrogen and oxygen atoms in total. The zero-order chi connectivity index (χ0) is 14.5. The lowest BCUT2D eigenvalue weighted by Gasteiger charge is -2.18. The summed E-state index contributed by atoms with van der Waals surface area (Å²) in [6.07, 6.45) is 0.516. The number of nitrogen functional groups attached to an aromatic ring is 1. The van der Waals surface area contributed by atoms with Gasteiger partial charge in [-0.05, 0) is 24.1 Å². The van der Waals surface area contributed by atoms with Gasteiger partial charge in [0.05, 0.1) is 17.0 Å². The summed E-state index contributed by atoms with van der Waals surface area (Å²) in [5, 5.41) is 17.3. The van der Waals surface area contributed by atoms with Crippen LogP contribution in [0.3, 0.4) is 0 Å². The molecule has 0 radical (unpaired) electrons. The second-order valence-electron chi connectivity index (χ2n) is 3.81. The molecule has 0 bridgehead atoms. The molecule has 0 fully saturated rings. The van der Waals surface area contributed by atoms with Crippen molar-refractivity contribution in [3.05, 3.63) is 23.8 Å². The van der Waals surface area contributed by atoms with Crippen molar-refractivity contribution in [1.29, 1.82) is 10.5 Å². The highest BCUT2D eigenvalue weighted by atomic mass is 32.2. The number of aryl methyl sites for hydroxylation is 1. The standard InChI is InChI=1S/C12H14N4O2S/c1-2-10-3-4-11(15)9-12(10)19(17,18)16(7-5-13)8-6-14/h3-4,9H,2,7-8,15H2,1H3. The van der Waals surface area contributed by atoms with Crippen molar-refractivity contribution >= 4 is 15.7 Å². The van der Waals surface area contributed by atoms with Gasteiger partial charge in [0, 0.05) is 5.69 Å². The molecule has 0 unspecified atom stereocenters. The lowest BCUT2D eigenvalue weighted by atomic mass is 10.1. The van der Waals surface area contributed by atoms with Crippen LogP contribution in [0.5, 0.6) is 0 Å². The van der Waals surface area contributed by atoms with Crippen molar-refractivity contribution in [3.63, 3.8) is 0 Å². The molecule has 0 saturated heterocycles. The van der Waals surface area contributed by atoms with Crippen molar-refractivity contribution < 1.29 is 8.42 Å². The van der Waals surface area contributed by atoms with E-state index in [9.17, 15) is 8.42 Å². The number of hydrogen-bond donors (Lipinski definition) is 1. The van der Waals surface area contributed by atoms with Crippen molar-refractivity contribution in [2.75, 3.05) is 18.8 Å². The van der Waals surface area contributed by atoms with Crippen molar-refractivity contribution in [3.8, 4) is 12.1 Å². The van der Waals surface area contributed by atoms with Crippen LogP contribution in [-0.2, 0) is 16.4 Å². The van der Waals surface area contributed by atoms with E-state index in [1.165, 1.54) is 6.07 Å². The quantitative estimate of drug-likeness (QED) is 0.634. The minimum Gasteiger partial charge on any atom is -0.399 e. The molecule has 1 aromatic carbocycles. The Kier molecular flexibility index (Phi) is 4.87. The molecule has 0 aliphatic carbocycles. The average Bonchev–Trinajstić information content (AvgIpc) is 2.38. The van der Waals surface area contributed by atoms with Gasteiger partial charge in [-0.25, -0.2) is 8.42 Å². The molecule has 0 aromatic heterocycles. The highest BCUT2D eigenvalue weighted by molar-refractivity contribution is 7.89. The number of nitrogens with two attached hydrogens (primary N) is 1. The minimum absolute atomic E-state index is 0.0560. The molecule has 0 heterocycles. The number of rotatable bonds is 5. The van der Waals surface area contributed by atoms with Crippen LogP contribution < -0.4 is 5.73 Å². The summed E-state index contributed by atoms with van der Waals surface area (Å²) in [5.41, 5.74) is 6.54. The van der Waals surface area contributed by atoms with Crippen LogP contribution in [0.2, 0.25) is 0 Å². The molecule has 1 aromatic rings. The maximum atomic E-state index is 12.4. The Morgan fingerprint density at radius 2 is 1.84 bits per heavy atom. The predicted molar refractivity (Wildman–Crippen MR) is 70.2 cm³/mol. The summed E-state index contributed by atoms with van der Waals surface area (Å²) in [5.74, 6) is 0. The van der Waals surface area contributed by atoms with Crippen LogP contribution >= 0.6 is 0 Å². The number of nitrogens with zero attached hydrogens (tertiary/aromatic N) is 3. The third-order valence-corrected chi connectivity index (χ3v) is 4.46. The Balaban J connectivity index is 3.37. The van der Waals surface area contributed by atoms with Gasteiger partial charge in [-0.3, -0.25) is 0 Å². The van der Waals surface area contributed by atoms with Gasteiger partial charge in [0.25, 0.3) is 0 Å². The van der Waals surface area contributed by atoms with E-state index in [2.05, 4.69) is 0 Å². The van der Waals surface area contributed by atoms with Crippen LogP contribution in [-0.4, -0.2) is 25.8 Å². The molecule has 19 heavy (non-hydrogen) atoms. The van der Waals surface area contributed by atoms with Gasteiger partial charge in [0.15, 0.2) is 0 Å². The van der Waals surface area contributed by atoms with Gasteiger partial charge >= 0.3 is 0 Å². The predicted octanol–water partition coefficient (Wildman–Crippen LogP) is 0.869. The first-order chi connectivity index (χ1) is 8.97. The Morgan fingerprint density at radius 3 is 2.32 bits per heavy atom. The fourth-order valence-electron chi connectivity index (χ4n) is 1.63. The van der Waals surface area contributed by atoms with E-state index in [0.717, 1.165) is 4.31 Å². The molecule has 0 saturated carbocycles. The highest BCUT2D eigenvalue weighted by Gasteiger charge is 2.26. The number of benzene rings is 1. The largest absolute Gasteiger partial charge is 0.399 e. The van der Waals surface area contributed by atoms with Gasteiger partial charge in [0.1, 0.15) is 13.1 Å². The van der Waals surface area contributed by atoms with Crippen LogP contribution in [0, 0.1) is 22.7 Å². The number of anilines is 1. The normalized spacial score (nSPS) is 10.9. The van der Waals surface area contributed by atoms with Gasteiger partial charge < -0.3 is 5.73 Å². The summed E-state index contributed by atoms with van der Waals surface area (Å²) < 4.78 is 25.7. The second kappa shape index (κ2) is 6.19. The van der Waals surface area contributed by atoms with E-state index in [1.54, 1.807) is 24.3 Å². The molecular formula is C12H14N4O2S. The molecule has 1 rings (SSSR count). The molecule has 100 valence electrons. The second-order valence-corrected chi connectivity index (χ2v) is 5.72. The molecule has 0 atom stereocenters. The maximum absolute atomic E-state index is 12.4. The molecule has 7 heteroatoms. The van der Waals surface area contributed by atoms with Gasteiger partial charge in [0.2, 0.25) is 10.0 Å². The summed E-state index contributed by atoms with van der Waals surface area (Å²) in [6.45, 7) is 1.09. The van der Waals surface area contributed by atoms with Gasteiger partial charge in [-0.1, -0.05) is 13.0 Å². The Labute approximate surface area is 112 Å². The maximum Gasteiger partial charge on any atom is 0.245 e. The fraction of sp³-hybridized carbons (Fsp3) is 0.333. The summed E-state index contributed by atoms with van der Waals surface area (Å²) >= 11 is 0. The first-order valence-corrected chi connectivity index (χ1v) is 7.03. The Bertz CT molecular complexity index is 625. The van der Waals surface area contributed by atoms with Crippen molar-refractivity contribution in [1.82, 2.24) is 4.31 Å². The lowest BCUT2D eigenvalue weighted by molar-refractivity contribution is 0.478. The number of sulfonamides is 1. The molecule has 0 aliphatic heterocycles. The summed E-state index contributed by atoms with van der Waals surface area (Å²) in [4.78, 5) is 0.0560. The third-order valence-electron chi connectivity index (χ3n) is 2.58. The van der Waals surface area contributed by atoms with Gasteiger partial charge in [-0.2, -0.15) is 14.8 Å². The molecular weight excluding hydrogens is 264 g/mol. The van der Waals surface area contributed by atoms with E-state index in [4.69, 9.17) is 16.3 Å². The Morgan fingerprint density at radius 1 is 1.26 bits per heavy atom. The average molecular weight is 278 g/mol. The van der Waals surface area contributed by atoms with E-state index < -0.39 is 10.0 Å². The van der Waals surface area contributed by atoms with E-state index in [1.807, 2.05) is 6.92 Å². The minimum atomic E-state index is -3.88. The first-order valence-electron chi connectivity index (χ1n) is 5.59. The van der Waals surface area contributed by atoms with Gasteiger partial charge in [-0.15, -0.1) is 0 Å². The lowest BCUT2D eigenvalue weighted by Crippen LogP contribution is -2.32. The van der Waals surface area contributed by atoms with Crippen LogP contribution in [0.15, 0.2) is 23.1 Å². The summed E-state index contributed by atoms with van der Waals surface area (Å²) in [6, 6.07) is 8.11. The van der Waals surface area contributed by atoms with Crippen LogP contribution in [0.1, 0.15) is 12.5 Å².